The second kappa shape index (κ2) is 9.25. The molecule has 0 aromatic carbocycles. The van der Waals surface area contributed by atoms with Crippen molar-refractivity contribution in [3.05, 3.63) is 24.3 Å². The Kier molecular flexibility index (Phi) is 9.33. The number of carboxylic acid groups (broad SMARTS) is 2. The summed E-state index contributed by atoms with van der Waals surface area (Å²) in [6.07, 6.45) is 0.837. The molecule has 7 heteroatoms. The molecular weight excluding hydrogens is 218 g/mol. The van der Waals surface area contributed by atoms with E-state index in [0.717, 1.165) is 6.08 Å². The van der Waals surface area contributed by atoms with Gasteiger partial charge >= 0.3 is 18.0 Å². The molecule has 7 nitrogen and oxygen atoms in total. The number of primary amides is 1. The molecule has 0 saturated heterocycles. The average Bonchev–Trinajstić information content (AvgIpc) is 2.14. The molecule has 1 amide bonds. The number of hydrogen-bond donors (Lipinski definition) is 3. The van der Waals surface area contributed by atoms with Crippen LogP contribution in [0.15, 0.2) is 24.3 Å². The van der Waals surface area contributed by atoms with Gasteiger partial charge in [0.25, 0.3) is 0 Å². The summed E-state index contributed by atoms with van der Waals surface area (Å²) in [6.45, 7) is 5.18. The van der Waals surface area contributed by atoms with Crippen LogP contribution in [-0.2, 0) is 14.3 Å². The van der Waals surface area contributed by atoms with Crippen molar-refractivity contribution in [1.82, 2.24) is 0 Å². The lowest BCUT2D eigenvalue weighted by Crippen LogP contribution is -2.11. The minimum Gasteiger partial charge on any atom is -0.478 e. The van der Waals surface area contributed by atoms with Crippen LogP contribution < -0.4 is 5.73 Å². The first-order valence-electron chi connectivity index (χ1n) is 4.07. The summed E-state index contributed by atoms with van der Waals surface area (Å²) in [7, 11) is 0. The van der Waals surface area contributed by atoms with Gasteiger partial charge in [-0.2, -0.15) is 0 Å². The van der Waals surface area contributed by atoms with Gasteiger partial charge in [-0.1, -0.05) is 12.7 Å². The van der Waals surface area contributed by atoms with Crippen LogP contribution in [-0.4, -0.2) is 34.9 Å². The molecule has 0 aromatic heterocycles. The average molecular weight is 231 g/mol. The van der Waals surface area contributed by atoms with Gasteiger partial charge in [-0.05, 0) is 6.92 Å². The Balaban J connectivity index is 0. The Labute approximate surface area is 91.8 Å². The summed E-state index contributed by atoms with van der Waals surface area (Å²) in [5.41, 5.74) is 4.22. The van der Waals surface area contributed by atoms with Crippen molar-refractivity contribution in [3.63, 3.8) is 0 Å². The van der Waals surface area contributed by atoms with Gasteiger partial charge in [-0.25, -0.2) is 14.4 Å². The minimum atomic E-state index is -1.29. The Morgan fingerprint density at radius 2 is 1.88 bits per heavy atom. The number of nitrogens with two attached hydrogens (primary N) is 1. The highest BCUT2D eigenvalue weighted by Crippen LogP contribution is 1.94. The molecule has 90 valence electrons. The van der Waals surface area contributed by atoms with Crippen LogP contribution in [0, 0.1) is 0 Å². The number of aliphatic carboxylic acids is 2. The summed E-state index contributed by atoms with van der Waals surface area (Å²) in [6, 6.07) is 0. The molecule has 0 unspecified atom stereocenters. The Bertz CT molecular complexity index is 307. The van der Waals surface area contributed by atoms with Crippen molar-refractivity contribution in [3.8, 4) is 0 Å². The molecule has 4 N–H and O–H groups in total. The molecule has 0 aromatic rings. The van der Waals surface area contributed by atoms with Crippen LogP contribution in [0.5, 0.6) is 0 Å². The van der Waals surface area contributed by atoms with Gasteiger partial charge in [0.2, 0.25) is 0 Å². The molecule has 0 heterocycles. The van der Waals surface area contributed by atoms with Crippen molar-refractivity contribution in [2.24, 2.45) is 5.73 Å². The van der Waals surface area contributed by atoms with Gasteiger partial charge in [-0.15, -0.1) is 0 Å². The topological polar surface area (TPSA) is 127 Å². The van der Waals surface area contributed by atoms with Crippen LogP contribution in [0.3, 0.4) is 0 Å². The standard InChI is InChI=1S/C6H6O4.C3H7NO2/c1-2-4(6(9)10)3-5(7)8;1-2-6-3(4)5/h2-3H,1H2,(H,7,8)(H,9,10);2H2,1H3,(H2,4,5). The third-order valence-electron chi connectivity index (χ3n) is 1.03. The lowest BCUT2D eigenvalue weighted by atomic mass is 10.2. The van der Waals surface area contributed by atoms with E-state index in [1.54, 1.807) is 6.92 Å². The van der Waals surface area contributed by atoms with Gasteiger partial charge in [-0.3, -0.25) is 0 Å². The van der Waals surface area contributed by atoms with E-state index in [0.29, 0.717) is 12.7 Å². The minimum absolute atomic E-state index is 0.326. The van der Waals surface area contributed by atoms with Gasteiger partial charge < -0.3 is 20.7 Å². The second-order valence-electron chi connectivity index (χ2n) is 2.20. The molecule has 0 rings (SSSR count). The van der Waals surface area contributed by atoms with Crippen molar-refractivity contribution >= 4 is 18.0 Å². The second-order valence-corrected chi connectivity index (χ2v) is 2.20. The molecule has 0 aliphatic carbocycles. The maximum absolute atomic E-state index is 10.1. The predicted molar refractivity (Wildman–Crippen MR) is 54.8 cm³/mol. The lowest BCUT2D eigenvalue weighted by Gasteiger charge is -1.89. The maximum Gasteiger partial charge on any atom is 0.404 e. The van der Waals surface area contributed by atoms with Crippen molar-refractivity contribution in [1.29, 1.82) is 0 Å². The molecule has 16 heavy (non-hydrogen) atoms. The van der Waals surface area contributed by atoms with Crippen molar-refractivity contribution < 1.29 is 29.3 Å². The number of carbonyl (C=O) groups is 3. The molecule has 0 bridgehead atoms. The molecule has 0 fully saturated rings. The van der Waals surface area contributed by atoms with Crippen LogP contribution in [0.2, 0.25) is 0 Å². The fourth-order valence-electron chi connectivity index (χ4n) is 0.483. The van der Waals surface area contributed by atoms with Gasteiger partial charge in [0.05, 0.1) is 12.2 Å². The fourth-order valence-corrected chi connectivity index (χ4v) is 0.483. The number of hydrogen-bond acceptors (Lipinski definition) is 4. The number of ether oxygens (including phenoxy) is 1. The zero-order chi connectivity index (χ0) is 13.1. The number of carbonyl (C=O) groups excluding carboxylic acids is 1. The highest BCUT2D eigenvalue weighted by molar-refractivity contribution is 5.96. The van der Waals surface area contributed by atoms with Gasteiger partial charge in [0.15, 0.2) is 0 Å². The van der Waals surface area contributed by atoms with Gasteiger partial charge in [0.1, 0.15) is 0 Å². The van der Waals surface area contributed by atoms with E-state index in [9.17, 15) is 14.4 Å². The van der Waals surface area contributed by atoms with Crippen LogP contribution in [0.25, 0.3) is 0 Å². The molecule has 0 aliphatic heterocycles. The van der Waals surface area contributed by atoms with Crippen LogP contribution >= 0.6 is 0 Å². The first-order valence-corrected chi connectivity index (χ1v) is 4.07. The van der Waals surface area contributed by atoms with Crippen molar-refractivity contribution in [2.45, 2.75) is 6.92 Å². The van der Waals surface area contributed by atoms with E-state index >= 15 is 0 Å². The number of amides is 1. The zero-order valence-corrected chi connectivity index (χ0v) is 8.67. The third-order valence-corrected chi connectivity index (χ3v) is 1.03. The fraction of sp³-hybridized carbons (Fsp3) is 0.222. The van der Waals surface area contributed by atoms with Gasteiger partial charge in [0, 0.05) is 6.08 Å². The zero-order valence-electron chi connectivity index (χ0n) is 8.67. The first-order chi connectivity index (χ1) is 7.34. The third kappa shape index (κ3) is 11.7. The first kappa shape index (κ1) is 16.1. The quantitative estimate of drug-likeness (QED) is 0.473. The van der Waals surface area contributed by atoms with Crippen molar-refractivity contribution in [2.75, 3.05) is 6.61 Å². The number of rotatable bonds is 4. The van der Waals surface area contributed by atoms with E-state index < -0.39 is 18.0 Å². The van der Waals surface area contributed by atoms with Crippen LogP contribution in [0.1, 0.15) is 6.92 Å². The Hall–Kier alpha value is -2.31. The van der Waals surface area contributed by atoms with E-state index in [1.807, 2.05) is 0 Å². The molecule has 0 saturated carbocycles. The maximum atomic E-state index is 10.1. The molecule has 0 spiro atoms. The highest BCUT2D eigenvalue weighted by Gasteiger charge is 2.03. The van der Waals surface area contributed by atoms with E-state index in [4.69, 9.17) is 10.2 Å². The highest BCUT2D eigenvalue weighted by atomic mass is 16.5. The summed E-state index contributed by atoms with van der Waals surface area (Å²) in [5.74, 6) is -2.59. The summed E-state index contributed by atoms with van der Waals surface area (Å²) >= 11 is 0. The monoisotopic (exact) mass is 231 g/mol. The largest absolute Gasteiger partial charge is 0.478 e. The van der Waals surface area contributed by atoms with E-state index in [-0.39, 0.29) is 5.57 Å². The van der Waals surface area contributed by atoms with E-state index in [2.05, 4.69) is 17.0 Å². The Morgan fingerprint density at radius 1 is 1.38 bits per heavy atom. The molecule has 0 atom stereocenters. The summed E-state index contributed by atoms with van der Waals surface area (Å²) in [5, 5.41) is 16.3. The predicted octanol–water partition coefficient (Wildman–Crippen LogP) is 0.370. The lowest BCUT2D eigenvalue weighted by molar-refractivity contribution is -0.134. The number of carboxylic acids is 2. The normalized spacial score (nSPS) is 9.44. The summed E-state index contributed by atoms with van der Waals surface area (Å²) in [4.78, 5) is 29.5. The molecule has 0 radical (unpaired) electrons. The summed E-state index contributed by atoms with van der Waals surface area (Å²) < 4.78 is 4.18. The molecule has 0 aliphatic rings. The molecular formula is C9H13NO6. The SMILES string of the molecule is C=CC(=CC(=O)O)C(=O)O.CCOC(N)=O. The van der Waals surface area contributed by atoms with Crippen LogP contribution in [0.4, 0.5) is 4.79 Å². The Morgan fingerprint density at radius 3 is 1.94 bits per heavy atom. The smallest absolute Gasteiger partial charge is 0.404 e. The van der Waals surface area contributed by atoms with E-state index in [1.165, 1.54) is 0 Å².